The van der Waals surface area contributed by atoms with E-state index in [4.69, 9.17) is 0 Å². The van der Waals surface area contributed by atoms with E-state index >= 15 is 0 Å². The summed E-state index contributed by atoms with van der Waals surface area (Å²) in [5.74, 6) is 0. The number of thiol groups is 1. The van der Waals surface area contributed by atoms with Gasteiger partial charge in [-0.1, -0.05) is 19.8 Å². The molecule has 80 valence electrons. The van der Waals surface area contributed by atoms with Gasteiger partial charge in [-0.15, -0.1) is 12.6 Å². The van der Waals surface area contributed by atoms with E-state index in [1.54, 1.807) is 0 Å². The van der Waals surface area contributed by atoms with Crippen LogP contribution in [0.2, 0.25) is 0 Å². The van der Waals surface area contributed by atoms with Crippen molar-refractivity contribution < 1.29 is 0 Å². The summed E-state index contributed by atoms with van der Waals surface area (Å²) in [5, 5.41) is 0.647. The molecule has 15 heavy (non-hydrogen) atoms. The molecule has 2 aromatic heterocycles. The number of unbranched alkanes of at least 4 members (excludes halogenated alkanes) is 2. The number of hydrogen-bond donors (Lipinski definition) is 1. The topological polar surface area (TPSA) is 43.6 Å². The van der Waals surface area contributed by atoms with Crippen LogP contribution in [0, 0.1) is 0 Å². The second-order valence-corrected chi connectivity index (χ2v) is 3.94. The van der Waals surface area contributed by atoms with Crippen LogP contribution in [-0.2, 0) is 6.54 Å². The van der Waals surface area contributed by atoms with Gasteiger partial charge in [0.25, 0.3) is 0 Å². The standard InChI is InChI=1S/C10H14N4S/c1-2-3-4-5-14-7-13-8-9(14)11-6-12-10(8)15/h6-7H,2-5H2,1H3,(H,11,12,15). The van der Waals surface area contributed by atoms with Crippen LogP contribution in [0.5, 0.6) is 0 Å². The molecule has 0 aliphatic heterocycles. The fraction of sp³-hybridized carbons (Fsp3) is 0.500. The molecule has 2 aromatic rings. The maximum absolute atomic E-state index is 4.26. The molecule has 0 N–H and O–H groups in total. The van der Waals surface area contributed by atoms with E-state index < -0.39 is 0 Å². The number of nitrogens with zero attached hydrogens (tertiary/aromatic N) is 4. The monoisotopic (exact) mass is 222 g/mol. The molecule has 0 unspecified atom stereocenters. The van der Waals surface area contributed by atoms with Gasteiger partial charge in [0, 0.05) is 6.54 Å². The van der Waals surface area contributed by atoms with Gasteiger partial charge in [-0.2, -0.15) is 0 Å². The van der Waals surface area contributed by atoms with Gasteiger partial charge in [-0.3, -0.25) is 0 Å². The van der Waals surface area contributed by atoms with Gasteiger partial charge in [0.1, 0.15) is 16.9 Å². The maximum atomic E-state index is 4.26. The van der Waals surface area contributed by atoms with Gasteiger partial charge >= 0.3 is 0 Å². The van der Waals surface area contributed by atoms with Crippen molar-refractivity contribution in [3.05, 3.63) is 12.7 Å². The molecule has 0 saturated carbocycles. The molecule has 2 heterocycles. The van der Waals surface area contributed by atoms with Gasteiger partial charge in [0.15, 0.2) is 5.65 Å². The van der Waals surface area contributed by atoms with Crippen LogP contribution >= 0.6 is 12.6 Å². The predicted octanol–water partition coefficient (Wildman–Crippen LogP) is 2.31. The highest BCUT2D eigenvalue weighted by Gasteiger charge is 2.06. The lowest BCUT2D eigenvalue weighted by molar-refractivity contribution is 0.610. The minimum Gasteiger partial charge on any atom is -0.315 e. The highest BCUT2D eigenvalue weighted by Crippen LogP contribution is 2.16. The van der Waals surface area contributed by atoms with Crippen molar-refractivity contribution in [3.8, 4) is 0 Å². The summed E-state index contributed by atoms with van der Waals surface area (Å²) in [6, 6.07) is 0. The first kappa shape index (κ1) is 10.4. The number of hydrogen-bond acceptors (Lipinski definition) is 4. The number of rotatable bonds is 4. The number of aryl methyl sites for hydroxylation is 1. The smallest absolute Gasteiger partial charge is 0.164 e. The van der Waals surface area contributed by atoms with E-state index in [9.17, 15) is 0 Å². The number of imidazole rings is 1. The Hall–Kier alpha value is -1.10. The van der Waals surface area contributed by atoms with Crippen LogP contribution < -0.4 is 0 Å². The minimum atomic E-state index is 0.647. The third-order valence-corrected chi connectivity index (χ3v) is 2.71. The molecular weight excluding hydrogens is 208 g/mol. The third-order valence-electron chi connectivity index (χ3n) is 2.38. The Kier molecular flexibility index (Phi) is 3.20. The predicted molar refractivity (Wildman–Crippen MR) is 62.1 cm³/mol. The van der Waals surface area contributed by atoms with E-state index in [1.807, 2.05) is 6.33 Å². The molecule has 0 fully saturated rings. The van der Waals surface area contributed by atoms with Crippen LogP contribution in [-0.4, -0.2) is 19.5 Å². The highest BCUT2D eigenvalue weighted by molar-refractivity contribution is 7.80. The second kappa shape index (κ2) is 4.61. The van der Waals surface area contributed by atoms with Gasteiger partial charge in [0.2, 0.25) is 0 Å². The summed E-state index contributed by atoms with van der Waals surface area (Å²) in [5.41, 5.74) is 1.67. The first-order valence-electron chi connectivity index (χ1n) is 5.17. The van der Waals surface area contributed by atoms with Gasteiger partial charge in [-0.05, 0) is 6.42 Å². The summed E-state index contributed by atoms with van der Waals surface area (Å²) in [6.07, 6.45) is 6.96. The summed E-state index contributed by atoms with van der Waals surface area (Å²) in [6.45, 7) is 3.16. The zero-order valence-electron chi connectivity index (χ0n) is 8.72. The molecule has 2 rings (SSSR count). The van der Waals surface area contributed by atoms with Gasteiger partial charge in [-0.25, -0.2) is 15.0 Å². The van der Waals surface area contributed by atoms with Crippen LogP contribution in [0.3, 0.4) is 0 Å². The number of fused-ring (bicyclic) bond motifs is 1. The van der Waals surface area contributed by atoms with Crippen molar-refractivity contribution in [1.29, 1.82) is 0 Å². The Morgan fingerprint density at radius 1 is 1.27 bits per heavy atom. The average molecular weight is 222 g/mol. The Morgan fingerprint density at radius 3 is 2.93 bits per heavy atom. The lowest BCUT2D eigenvalue weighted by Crippen LogP contribution is -1.97. The van der Waals surface area contributed by atoms with Crippen LogP contribution in [0.1, 0.15) is 26.2 Å². The SMILES string of the molecule is CCCCCn1cnc2c(S)ncnc21. The fourth-order valence-electron chi connectivity index (χ4n) is 1.56. The van der Waals surface area contributed by atoms with E-state index in [0.29, 0.717) is 5.03 Å². The Morgan fingerprint density at radius 2 is 2.13 bits per heavy atom. The molecular formula is C10H14N4S. The molecule has 0 saturated heterocycles. The second-order valence-electron chi connectivity index (χ2n) is 3.51. The van der Waals surface area contributed by atoms with E-state index in [2.05, 4.69) is 39.1 Å². The van der Waals surface area contributed by atoms with Crippen molar-refractivity contribution >= 4 is 23.8 Å². The summed E-state index contributed by atoms with van der Waals surface area (Å²) in [7, 11) is 0. The van der Waals surface area contributed by atoms with Crippen LogP contribution in [0.25, 0.3) is 11.2 Å². The molecule has 0 bridgehead atoms. The van der Waals surface area contributed by atoms with Crippen molar-refractivity contribution in [2.75, 3.05) is 0 Å². The molecule has 0 aliphatic carbocycles. The molecule has 0 aromatic carbocycles. The Bertz CT molecular complexity index is 452. The van der Waals surface area contributed by atoms with Crippen LogP contribution in [0.4, 0.5) is 0 Å². The lowest BCUT2D eigenvalue weighted by atomic mass is 10.2. The molecule has 4 nitrogen and oxygen atoms in total. The summed E-state index contributed by atoms with van der Waals surface area (Å²) >= 11 is 4.25. The van der Waals surface area contributed by atoms with Gasteiger partial charge < -0.3 is 4.57 Å². The first-order chi connectivity index (χ1) is 7.33. The Balaban J connectivity index is 2.25. The largest absolute Gasteiger partial charge is 0.315 e. The van der Waals surface area contributed by atoms with Crippen molar-refractivity contribution in [2.45, 2.75) is 37.8 Å². The van der Waals surface area contributed by atoms with E-state index in [0.717, 1.165) is 24.1 Å². The molecule has 0 atom stereocenters. The van der Waals surface area contributed by atoms with E-state index in [1.165, 1.54) is 19.2 Å². The van der Waals surface area contributed by atoms with Crippen molar-refractivity contribution in [3.63, 3.8) is 0 Å². The van der Waals surface area contributed by atoms with E-state index in [-0.39, 0.29) is 0 Å². The van der Waals surface area contributed by atoms with Crippen LogP contribution in [0.15, 0.2) is 17.7 Å². The number of aromatic nitrogens is 4. The minimum absolute atomic E-state index is 0.647. The normalized spacial score (nSPS) is 11.1. The Labute approximate surface area is 94.2 Å². The molecule has 0 aliphatic rings. The summed E-state index contributed by atoms with van der Waals surface area (Å²) < 4.78 is 2.06. The molecule has 0 spiro atoms. The van der Waals surface area contributed by atoms with Crippen molar-refractivity contribution in [1.82, 2.24) is 19.5 Å². The summed E-state index contributed by atoms with van der Waals surface area (Å²) in [4.78, 5) is 12.5. The quantitative estimate of drug-likeness (QED) is 0.490. The highest BCUT2D eigenvalue weighted by atomic mass is 32.1. The fourth-order valence-corrected chi connectivity index (χ4v) is 1.77. The maximum Gasteiger partial charge on any atom is 0.164 e. The third kappa shape index (κ3) is 2.12. The van der Waals surface area contributed by atoms with Crippen molar-refractivity contribution in [2.24, 2.45) is 0 Å². The molecule has 0 amide bonds. The zero-order valence-corrected chi connectivity index (χ0v) is 9.61. The zero-order chi connectivity index (χ0) is 10.7. The molecule has 5 heteroatoms. The lowest BCUT2D eigenvalue weighted by Gasteiger charge is -2.01. The molecule has 0 radical (unpaired) electrons. The van der Waals surface area contributed by atoms with Gasteiger partial charge in [0.05, 0.1) is 6.33 Å². The first-order valence-corrected chi connectivity index (χ1v) is 5.62. The average Bonchev–Trinajstić information content (AvgIpc) is 2.64.